The highest BCUT2D eigenvalue weighted by Gasteiger charge is 2.27. The van der Waals surface area contributed by atoms with E-state index in [1.165, 1.54) is 0 Å². The summed E-state index contributed by atoms with van der Waals surface area (Å²) in [6.45, 7) is 10.3. The molecule has 0 aliphatic carbocycles. The lowest BCUT2D eigenvalue weighted by Gasteiger charge is -2.35. The maximum Gasteiger partial charge on any atom is 0.317 e. The molecule has 0 bridgehead atoms. The molecule has 2 atom stereocenters. The van der Waals surface area contributed by atoms with Crippen LogP contribution in [0.1, 0.15) is 36.7 Å². The Hall–Kier alpha value is -2.12. The predicted octanol–water partition coefficient (Wildman–Crippen LogP) is 2.31. The van der Waals surface area contributed by atoms with Crippen molar-refractivity contribution in [2.24, 2.45) is 5.92 Å². The van der Waals surface area contributed by atoms with Gasteiger partial charge in [-0.3, -0.25) is 14.5 Å². The number of carbonyl (C=O) groups excluding carboxylic acids is 1. The third-order valence-electron chi connectivity index (χ3n) is 5.29. The molecule has 1 amide bonds. The maximum absolute atomic E-state index is 13.1. The highest BCUT2D eigenvalue weighted by atomic mass is 16.5. The fourth-order valence-electron chi connectivity index (χ4n) is 3.26. The molecule has 2 N–H and O–H groups in total. The Labute approximate surface area is 167 Å². The summed E-state index contributed by atoms with van der Waals surface area (Å²) in [5.41, 5.74) is 2.63. The summed E-state index contributed by atoms with van der Waals surface area (Å²) >= 11 is 0. The third-order valence-corrected chi connectivity index (χ3v) is 5.29. The minimum Gasteiger partial charge on any atom is -0.480 e. The van der Waals surface area contributed by atoms with Crippen molar-refractivity contribution in [2.45, 2.75) is 39.8 Å². The molecule has 0 aromatic heterocycles. The van der Waals surface area contributed by atoms with Crippen LogP contribution in [-0.2, 0) is 9.53 Å². The molecule has 2 unspecified atom stereocenters. The number of carboxylic acid groups (broad SMARTS) is 1. The van der Waals surface area contributed by atoms with Gasteiger partial charge in [-0.25, -0.2) is 0 Å². The Morgan fingerprint density at radius 2 is 2.07 bits per heavy atom. The number of carbonyl (C=O) groups is 2. The van der Waals surface area contributed by atoms with Gasteiger partial charge in [0, 0.05) is 36.9 Å². The molecule has 156 valence electrons. The fourth-order valence-corrected chi connectivity index (χ4v) is 3.26. The highest BCUT2D eigenvalue weighted by molar-refractivity contribution is 5.97. The van der Waals surface area contributed by atoms with Gasteiger partial charge in [0.05, 0.1) is 19.3 Å². The van der Waals surface area contributed by atoms with Gasteiger partial charge in [-0.1, -0.05) is 19.9 Å². The SMILES string of the molecule is Cc1c(NC(C)C(C)C)cccc1C(=O)N1CCOC(CN(C)CC(=O)O)C1. The molecule has 0 radical (unpaired) electrons. The van der Waals surface area contributed by atoms with Crippen molar-refractivity contribution in [1.29, 1.82) is 0 Å². The van der Waals surface area contributed by atoms with Crippen LogP contribution >= 0.6 is 0 Å². The second-order valence-electron chi connectivity index (χ2n) is 7.99. The van der Waals surface area contributed by atoms with Crippen molar-refractivity contribution in [1.82, 2.24) is 9.80 Å². The quantitative estimate of drug-likeness (QED) is 0.708. The molecular weight excluding hydrogens is 358 g/mol. The summed E-state index contributed by atoms with van der Waals surface area (Å²) in [6.07, 6.45) is -0.190. The third kappa shape index (κ3) is 5.94. The summed E-state index contributed by atoms with van der Waals surface area (Å²) in [7, 11) is 1.74. The topological polar surface area (TPSA) is 82.1 Å². The van der Waals surface area contributed by atoms with Gasteiger partial charge in [0.1, 0.15) is 0 Å². The summed E-state index contributed by atoms with van der Waals surface area (Å²) in [6, 6.07) is 6.09. The molecule has 0 saturated carbocycles. The molecule has 1 aromatic rings. The Morgan fingerprint density at radius 1 is 1.36 bits per heavy atom. The fraction of sp³-hybridized carbons (Fsp3) is 0.619. The van der Waals surface area contributed by atoms with E-state index in [0.717, 1.165) is 11.3 Å². The van der Waals surface area contributed by atoms with Crippen LogP contribution in [0.2, 0.25) is 0 Å². The van der Waals surface area contributed by atoms with Crippen molar-refractivity contribution >= 4 is 17.6 Å². The second-order valence-corrected chi connectivity index (χ2v) is 7.99. The molecule has 1 heterocycles. The van der Waals surface area contributed by atoms with Crippen molar-refractivity contribution in [3.8, 4) is 0 Å². The van der Waals surface area contributed by atoms with E-state index in [4.69, 9.17) is 9.84 Å². The first kappa shape index (κ1) is 22.2. The van der Waals surface area contributed by atoms with Crippen LogP contribution in [0, 0.1) is 12.8 Å². The number of ether oxygens (including phenoxy) is 1. The van der Waals surface area contributed by atoms with E-state index in [2.05, 4.69) is 26.1 Å². The van der Waals surface area contributed by atoms with Crippen LogP contribution in [0.5, 0.6) is 0 Å². The Morgan fingerprint density at radius 3 is 2.71 bits per heavy atom. The number of amides is 1. The summed E-state index contributed by atoms with van der Waals surface area (Å²) in [5.74, 6) is -0.393. The van der Waals surface area contributed by atoms with E-state index in [9.17, 15) is 9.59 Å². The Bertz CT molecular complexity index is 692. The number of hydrogen-bond acceptors (Lipinski definition) is 5. The van der Waals surface area contributed by atoms with Crippen LogP contribution in [0.25, 0.3) is 0 Å². The first-order valence-electron chi connectivity index (χ1n) is 9.86. The van der Waals surface area contributed by atoms with Crippen molar-refractivity contribution < 1.29 is 19.4 Å². The largest absolute Gasteiger partial charge is 0.480 e. The lowest BCUT2D eigenvalue weighted by Crippen LogP contribution is -2.49. The average molecular weight is 392 g/mol. The number of aliphatic carboxylic acids is 1. The van der Waals surface area contributed by atoms with E-state index in [1.807, 2.05) is 25.1 Å². The van der Waals surface area contributed by atoms with Gasteiger partial charge >= 0.3 is 5.97 Å². The number of likely N-dealkylation sites (N-methyl/N-ethyl adjacent to an activating group) is 1. The molecule has 7 heteroatoms. The van der Waals surface area contributed by atoms with Gasteiger partial charge in [0.2, 0.25) is 0 Å². The predicted molar refractivity (Wildman–Crippen MR) is 110 cm³/mol. The first-order chi connectivity index (χ1) is 13.2. The van der Waals surface area contributed by atoms with Crippen LogP contribution < -0.4 is 5.32 Å². The minimum atomic E-state index is -0.873. The van der Waals surface area contributed by atoms with Crippen molar-refractivity contribution in [2.75, 3.05) is 45.2 Å². The summed E-state index contributed by atoms with van der Waals surface area (Å²) in [5, 5.41) is 12.4. The van der Waals surface area contributed by atoms with Crippen molar-refractivity contribution in [3.63, 3.8) is 0 Å². The van der Waals surface area contributed by atoms with Gasteiger partial charge in [0.25, 0.3) is 5.91 Å². The van der Waals surface area contributed by atoms with Crippen LogP contribution in [0.15, 0.2) is 18.2 Å². The summed E-state index contributed by atoms with van der Waals surface area (Å²) in [4.78, 5) is 27.5. The average Bonchev–Trinajstić information content (AvgIpc) is 2.62. The van der Waals surface area contributed by atoms with Crippen LogP contribution in [0.4, 0.5) is 5.69 Å². The van der Waals surface area contributed by atoms with Gasteiger partial charge < -0.3 is 20.1 Å². The monoisotopic (exact) mass is 391 g/mol. The number of rotatable bonds is 8. The molecular formula is C21H33N3O4. The van der Waals surface area contributed by atoms with E-state index in [-0.39, 0.29) is 18.6 Å². The van der Waals surface area contributed by atoms with E-state index >= 15 is 0 Å². The number of morpholine rings is 1. The van der Waals surface area contributed by atoms with Gasteiger partial charge in [-0.15, -0.1) is 0 Å². The van der Waals surface area contributed by atoms with E-state index < -0.39 is 5.97 Å². The smallest absolute Gasteiger partial charge is 0.317 e. The molecule has 0 spiro atoms. The van der Waals surface area contributed by atoms with Gasteiger partial charge in [-0.2, -0.15) is 0 Å². The molecule has 1 saturated heterocycles. The van der Waals surface area contributed by atoms with Crippen LogP contribution in [0.3, 0.4) is 0 Å². The van der Waals surface area contributed by atoms with E-state index in [0.29, 0.717) is 43.8 Å². The lowest BCUT2D eigenvalue weighted by molar-refractivity contribution is -0.138. The van der Waals surface area contributed by atoms with Gasteiger partial charge in [-0.05, 0) is 44.5 Å². The number of hydrogen-bond donors (Lipinski definition) is 2. The Balaban J connectivity index is 2.07. The molecule has 1 aliphatic heterocycles. The first-order valence-corrected chi connectivity index (χ1v) is 9.86. The summed E-state index contributed by atoms with van der Waals surface area (Å²) < 4.78 is 5.74. The normalized spacial score (nSPS) is 18.4. The number of carboxylic acids is 1. The number of benzene rings is 1. The standard InChI is InChI=1S/C21H33N3O4/c1-14(2)16(4)22-19-8-6-7-18(15(19)3)21(27)24-9-10-28-17(12-24)11-23(5)13-20(25)26/h6-8,14,16-17,22H,9-13H2,1-5H3,(H,25,26). The molecule has 2 rings (SSSR count). The molecule has 7 nitrogen and oxygen atoms in total. The zero-order valence-corrected chi connectivity index (χ0v) is 17.6. The lowest BCUT2D eigenvalue weighted by atomic mass is 10.0. The highest BCUT2D eigenvalue weighted by Crippen LogP contribution is 2.23. The zero-order chi connectivity index (χ0) is 20.8. The number of nitrogens with zero attached hydrogens (tertiary/aromatic N) is 2. The molecule has 1 fully saturated rings. The minimum absolute atomic E-state index is 0.00691. The zero-order valence-electron chi connectivity index (χ0n) is 17.6. The number of anilines is 1. The molecule has 1 aliphatic rings. The van der Waals surface area contributed by atoms with Crippen molar-refractivity contribution in [3.05, 3.63) is 29.3 Å². The van der Waals surface area contributed by atoms with Crippen LogP contribution in [-0.4, -0.2) is 78.8 Å². The molecule has 1 aromatic carbocycles. The number of nitrogens with one attached hydrogen (secondary N) is 1. The Kier molecular flexibility index (Phi) is 7.83. The molecule has 28 heavy (non-hydrogen) atoms. The van der Waals surface area contributed by atoms with Gasteiger partial charge in [0.15, 0.2) is 0 Å². The second kappa shape index (κ2) is 9.89. The van der Waals surface area contributed by atoms with E-state index in [1.54, 1.807) is 16.8 Å². The maximum atomic E-state index is 13.1.